The molecule has 0 saturated carbocycles. The van der Waals surface area contributed by atoms with Crippen LogP contribution in [-0.2, 0) is 4.79 Å². The summed E-state index contributed by atoms with van der Waals surface area (Å²) in [5.41, 5.74) is 4.37. The summed E-state index contributed by atoms with van der Waals surface area (Å²) in [5.74, 6) is -0.613. The van der Waals surface area contributed by atoms with E-state index in [1.807, 2.05) is 62.4 Å². The van der Waals surface area contributed by atoms with Crippen molar-refractivity contribution in [3.05, 3.63) is 95.3 Å². The Bertz CT molecular complexity index is 1190. The zero-order valence-electron chi connectivity index (χ0n) is 17.0. The summed E-state index contributed by atoms with van der Waals surface area (Å²) in [7, 11) is 0. The van der Waals surface area contributed by atoms with Gasteiger partial charge in [0.2, 0.25) is 11.1 Å². The SMILES string of the molecule is Cc1cccc(-n2nnnc2S[C@@H](C(=O)Nc2ccc(F)cc2)c2ccccc2)c1C. The van der Waals surface area contributed by atoms with Crippen LogP contribution in [0.2, 0.25) is 0 Å². The minimum atomic E-state index is -0.610. The molecule has 0 aliphatic rings. The first-order chi connectivity index (χ1) is 15.0. The third-order valence-corrected chi connectivity index (χ3v) is 6.11. The van der Waals surface area contributed by atoms with E-state index in [4.69, 9.17) is 0 Å². The summed E-state index contributed by atoms with van der Waals surface area (Å²) >= 11 is 1.26. The van der Waals surface area contributed by atoms with Gasteiger partial charge < -0.3 is 5.32 Å². The van der Waals surface area contributed by atoms with Crippen LogP contribution in [0.3, 0.4) is 0 Å². The van der Waals surface area contributed by atoms with Crippen molar-refractivity contribution in [2.75, 3.05) is 5.32 Å². The van der Waals surface area contributed by atoms with Crippen molar-refractivity contribution in [3.8, 4) is 5.69 Å². The maximum Gasteiger partial charge on any atom is 0.242 e. The predicted octanol–water partition coefficient (Wildman–Crippen LogP) is 4.89. The zero-order chi connectivity index (χ0) is 21.8. The number of anilines is 1. The van der Waals surface area contributed by atoms with Crippen molar-refractivity contribution in [1.29, 1.82) is 0 Å². The molecule has 156 valence electrons. The molecule has 1 atom stereocenters. The average molecular weight is 434 g/mol. The highest BCUT2D eigenvalue weighted by Gasteiger charge is 2.26. The van der Waals surface area contributed by atoms with Crippen LogP contribution in [0.4, 0.5) is 10.1 Å². The van der Waals surface area contributed by atoms with Gasteiger partial charge in [-0.05, 0) is 71.3 Å². The molecule has 31 heavy (non-hydrogen) atoms. The second kappa shape index (κ2) is 9.09. The lowest BCUT2D eigenvalue weighted by atomic mass is 10.1. The van der Waals surface area contributed by atoms with E-state index in [9.17, 15) is 9.18 Å². The third-order valence-electron chi connectivity index (χ3n) is 4.92. The molecule has 0 radical (unpaired) electrons. The molecule has 1 aromatic heterocycles. The first kappa shape index (κ1) is 20.7. The van der Waals surface area contributed by atoms with Gasteiger partial charge in [0.15, 0.2) is 0 Å². The van der Waals surface area contributed by atoms with Crippen LogP contribution in [0.25, 0.3) is 5.69 Å². The molecular formula is C23H20FN5OS. The van der Waals surface area contributed by atoms with Crippen LogP contribution >= 0.6 is 11.8 Å². The van der Waals surface area contributed by atoms with E-state index in [2.05, 4.69) is 20.8 Å². The van der Waals surface area contributed by atoms with E-state index in [0.717, 1.165) is 22.4 Å². The Hall–Kier alpha value is -3.52. The zero-order valence-corrected chi connectivity index (χ0v) is 17.8. The van der Waals surface area contributed by atoms with Gasteiger partial charge in [0, 0.05) is 5.69 Å². The predicted molar refractivity (Wildman–Crippen MR) is 119 cm³/mol. The van der Waals surface area contributed by atoms with Gasteiger partial charge in [-0.1, -0.05) is 54.2 Å². The molecule has 4 rings (SSSR count). The molecule has 0 spiro atoms. The Morgan fingerprint density at radius 3 is 2.48 bits per heavy atom. The highest BCUT2D eigenvalue weighted by Crippen LogP contribution is 2.36. The van der Waals surface area contributed by atoms with Crippen LogP contribution in [0.5, 0.6) is 0 Å². The number of nitrogens with zero attached hydrogens (tertiary/aromatic N) is 4. The Labute approximate surface area is 183 Å². The highest BCUT2D eigenvalue weighted by molar-refractivity contribution is 8.00. The Kier molecular flexibility index (Phi) is 6.08. The van der Waals surface area contributed by atoms with Crippen LogP contribution in [0, 0.1) is 19.7 Å². The van der Waals surface area contributed by atoms with Crippen LogP contribution < -0.4 is 5.32 Å². The van der Waals surface area contributed by atoms with Gasteiger partial charge >= 0.3 is 0 Å². The van der Waals surface area contributed by atoms with Crippen molar-refractivity contribution >= 4 is 23.4 Å². The normalized spacial score (nSPS) is 11.8. The second-order valence-electron chi connectivity index (χ2n) is 7.00. The minimum Gasteiger partial charge on any atom is -0.325 e. The monoisotopic (exact) mass is 433 g/mol. The second-order valence-corrected chi connectivity index (χ2v) is 8.07. The number of carbonyl (C=O) groups is 1. The van der Waals surface area contributed by atoms with Gasteiger partial charge in [-0.15, -0.1) is 5.10 Å². The number of aryl methyl sites for hydroxylation is 1. The van der Waals surface area contributed by atoms with Crippen LogP contribution in [0.15, 0.2) is 78.0 Å². The smallest absolute Gasteiger partial charge is 0.242 e. The fourth-order valence-corrected chi connectivity index (χ4v) is 4.10. The van der Waals surface area contributed by atoms with E-state index in [-0.39, 0.29) is 11.7 Å². The molecule has 0 fully saturated rings. The van der Waals surface area contributed by atoms with Crippen molar-refractivity contribution in [2.45, 2.75) is 24.3 Å². The van der Waals surface area contributed by atoms with Gasteiger partial charge in [0.05, 0.1) is 5.69 Å². The summed E-state index contributed by atoms with van der Waals surface area (Å²) in [4.78, 5) is 13.2. The number of benzene rings is 3. The fourth-order valence-electron chi connectivity index (χ4n) is 3.12. The first-order valence-electron chi connectivity index (χ1n) is 9.66. The maximum absolute atomic E-state index is 13.2. The average Bonchev–Trinajstić information content (AvgIpc) is 3.24. The number of nitrogens with one attached hydrogen (secondary N) is 1. The fraction of sp³-hybridized carbons (Fsp3) is 0.130. The molecule has 0 aliphatic carbocycles. The van der Waals surface area contributed by atoms with E-state index >= 15 is 0 Å². The lowest BCUT2D eigenvalue weighted by Gasteiger charge is -2.17. The topological polar surface area (TPSA) is 72.7 Å². The summed E-state index contributed by atoms with van der Waals surface area (Å²) < 4.78 is 14.9. The number of hydrogen-bond donors (Lipinski definition) is 1. The number of tetrazole rings is 1. The van der Waals surface area contributed by atoms with Crippen molar-refractivity contribution in [2.24, 2.45) is 0 Å². The summed E-state index contributed by atoms with van der Waals surface area (Å²) in [6.45, 7) is 4.04. The molecule has 0 saturated heterocycles. The van der Waals surface area contributed by atoms with Gasteiger partial charge in [-0.3, -0.25) is 4.79 Å². The molecule has 8 heteroatoms. The number of thioether (sulfide) groups is 1. The summed E-state index contributed by atoms with van der Waals surface area (Å²) in [6, 6.07) is 21.0. The lowest BCUT2D eigenvalue weighted by molar-refractivity contribution is -0.115. The number of halogens is 1. The quantitative estimate of drug-likeness (QED) is 0.438. The van der Waals surface area contributed by atoms with Crippen LogP contribution in [0.1, 0.15) is 21.9 Å². The molecule has 1 heterocycles. The third kappa shape index (κ3) is 4.64. The van der Waals surface area contributed by atoms with Gasteiger partial charge in [0.25, 0.3) is 0 Å². The highest BCUT2D eigenvalue weighted by atomic mass is 32.2. The van der Waals surface area contributed by atoms with Crippen molar-refractivity contribution in [1.82, 2.24) is 20.2 Å². The van der Waals surface area contributed by atoms with Crippen molar-refractivity contribution in [3.63, 3.8) is 0 Å². The molecule has 0 bridgehead atoms. The number of aromatic nitrogens is 4. The molecular weight excluding hydrogens is 413 g/mol. The largest absolute Gasteiger partial charge is 0.325 e. The van der Waals surface area contributed by atoms with Gasteiger partial charge in [-0.25, -0.2) is 4.39 Å². The Balaban J connectivity index is 1.67. The summed E-state index contributed by atoms with van der Waals surface area (Å²) in [5, 5.41) is 14.9. The standard InChI is InChI=1S/C23H20FN5OS/c1-15-7-6-10-20(16(15)2)29-23(26-27-28-29)31-21(17-8-4-3-5-9-17)22(30)25-19-13-11-18(24)12-14-19/h3-14,21H,1-2H3,(H,25,30)/t21-/m1/s1. The van der Waals surface area contributed by atoms with Crippen molar-refractivity contribution < 1.29 is 9.18 Å². The van der Waals surface area contributed by atoms with E-state index < -0.39 is 5.25 Å². The van der Waals surface area contributed by atoms with E-state index in [0.29, 0.717) is 10.8 Å². The van der Waals surface area contributed by atoms with Crippen LogP contribution in [-0.4, -0.2) is 26.1 Å². The molecule has 4 aromatic rings. The molecule has 0 unspecified atom stereocenters. The maximum atomic E-state index is 13.2. The molecule has 6 nitrogen and oxygen atoms in total. The Morgan fingerprint density at radius 2 is 1.74 bits per heavy atom. The molecule has 1 amide bonds. The van der Waals surface area contributed by atoms with Gasteiger partial charge in [-0.2, -0.15) is 4.68 Å². The lowest BCUT2D eigenvalue weighted by Crippen LogP contribution is -2.19. The molecule has 3 aromatic carbocycles. The minimum absolute atomic E-state index is 0.252. The van der Waals surface area contributed by atoms with E-state index in [1.165, 1.54) is 36.0 Å². The van der Waals surface area contributed by atoms with E-state index in [1.54, 1.807) is 4.68 Å². The number of amides is 1. The van der Waals surface area contributed by atoms with Gasteiger partial charge in [0.1, 0.15) is 11.1 Å². The number of carbonyl (C=O) groups excluding carboxylic acids is 1. The first-order valence-corrected chi connectivity index (χ1v) is 10.5. The molecule has 0 aliphatic heterocycles. The number of rotatable bonds is 6. The molecule has 1 N–H and O–H groups in total. The Morgan fingerprint density at radius 1 is 1.00 bits per heavy atom. The number of hydrogen-bond acceptors (Lipinski definition) is 5. The summed E-state index contributed by atoms with van der Waals surface area (Å²) in [6.07, 6.45) is 0.